The van der Waals surface area contributed by atoms with Gasteiger partial charge in [0.2, 0.25) is 6.23 Å². The lowest BCUT2D eigenvalue weighted by molar-refractivity contribution is -0.384. The third kappa shape index (κ3) is 2.63. The number of nitro benzene ring substituents is 1. The average molecular weight is 396 g/mol. The van der Waals surface area contributed by atoms with E-state index in [1.807, 2.05) is 41.4 Å². The Labute approximate surface area is 164 Å². The lowest BCUT2D eigenvalue weighted by atomic mass is 9.97. The van der Waals surface area contributed by atoms with Crippen molar-refractivity contribution in [2.75, 3.05) is 0 Å². The van der Waals surface area contributed by atoms with Crippen molar-refractivity contribution in [2.45, 2.75) is 18.7 Å². The van der Waals surface area contributed by atoms with Crippen molar-refractivity contribution < 1.29 is 14.1 Å². The quantitative estimate of drug-likeness (QED) is 0.456. The SMILES string of the molecule is O=[N+]([O-])c1cc([C@H]2Oc3ccccc3[C@H]3CC(c4ccco4)=NN32)ccc1Cl. The van der Waals surface area contributed by atoms with E-state index in [9.17, 15) is 10.1 Å². The first kappa shape index (κ1) is 16.8. The van der Waals surface area contributed by atoms with Gasteiger partial charge in [-0.15, -0.1) is 0 Å². The molecule has 0 unspecified atom stereocenters. The van der Waals surface area contributed by atoms with Gasteiger partial charge >= 0.3 is 0 Å². The van der Waals surface area contributed by atoms with Crippen molar-refractivity contribution in [3.05, 3.63) is 92.9 Å². The first-order valence-electron chi connectivity index (χ1n) is 8.71. The molecule has 0 N–H and O–H groups in total. The summed E-state index contributed by atoms with van der Waals surface area (Å²) < 4.78 is 11.7. The van der Waals surface area contributed by atoms with Gasteiger partial charge in [0.25, 0.3) is 5.69 Å². The van der Waals surface area contributed by atoms with E-state index in [4.69, 9.17) is 25.9 Å². The van der Waals surface area contributed by atoms with Gasteiger partial charge in [0.15, 0.2) is 0 Å². The number of rotatable bonds is 3. The van der Waals surface area contributed by atoms with Crippen LogP contribution in [0.3, 0.4) is 0 Å². The zero-order chi connectivity index (χ0) is 19.3. The standard InChI is InChI=1S/C20H14ClN3O4/c21-14-8-7-12(10-17(14)24(25)26)20-23-16(13-4-1-2-5-18(13)28-20)11-15(22-23)19-6-3-9-27-19/h1-10,16,20H,11H2/t16-,20-/m1/s1. The van der Waals surface area contributed by atoms with E-state index < -0.39 is 11.2 Å². The van der Waals surface area contributed by atoms with Crippen LogP contribution in [0.4, 0.5) is 5.69 Å². The predicted molar refractivity (Wildman–Crippen MR) is 102 cm³/mol. The number of para-hydroxylation sites is 1. The van der Waals surface area contributed by atoms with Crippen molar-refractivity contribution in [2.24, 2.45) is 5.10 Å². The second-order valence-corrected chi connectivity index (χ2v) is 7.01. The molecule has 2 aromatic carbocycles. The minimum atomic E-state index is -0.608. The average Bonchev–Trinajstić information content (AvgIpc) is 3.37. The molecule has 3 aromatic rings. The van der Waals surface area contributed by atoms with Crippen LogP contribution >= 0.6 is 11.6 Å². The summed E-state index contributed by atoms with van der Waals surface area (Å²) in [6.45, 7) is 0. The van der Waals surface area contributed by atoms with Crippen LogP contribution < -0.4 is 4.74 Å². The summed E-state index contributed by atoms with van der Waals surface area (Å²) >= 11 is 5.98. The molecule has 7 nitrogen and oxygen atoms in total. The normalized spacial score (nSPS) is 20.2. The number of hydrazone groups is 1. The molecule has 8 heteroatoms. The van der Waals surface area contributed by atoms with Gasteiger partial charge in [0.05, 0.1) is 17.2 Å². The van der Waals surface area contributed by atoms with Crippen molar-refractivity contribution >= 4 is 23.0 Å². The van der Waals surface area contributed by atoms with E-state index >= 15 is 0 Å². The molecule has 0 radical (unpaired) electrons. The second kappa shape index (κ2) is 6.38. The molecule has 0 spiro atoms. The van der Waals surface area contributed by atoms with E-state index in [0.717, 1.165) is 17.0 Å². The second-order valence-electron chi connectivity index (χ2n) is 6.60. The maximum atomic E-state index is 11.3. The molecule has 2 aliphatic heterocycles. The van der Waals surface area contributed by atoms with Crippen LogP contribution in [0.5, 0.6) is 5.75 Å². The van der Waals surface area contributed by atoms with Crippen LogP contribution in [0, 0.1) is 10.1 Å². The van der Waals surface area contributed by atoms with Gasteiger partial charge in [-0.3, -0.25) is 10.1 Å². The molecule has 2 aliphatic rings. The number of fused-ring (bicyclic) bond motifs is 3. The first-order valence-corrected chi connectivity index (χ1v) is 9.09. The summed E-state index contributed by atoms with van der Waals surface area (Å²) in [4.78, 5) is 10.8. The fraction of sp³-hybridized carbons (Fsp3) is 0.150. The third-order valence-electron chi connectivity index (χ3n) is 4.96. The van der Waals surface area contributed by atoms with Crippen LogP contribution in [0.25, 0.3) is 0 Å². The van der Waals surface area contributed by atoms with E-state index in [0.29, 0.717) is 17.7 Å². The summed E-state index contributed by atoms with van der Waals surface area (Å²) in [6.07, 6.45) is 1.66. The summed E-state index contributed by atoms with van der Waals surface area (Å²) in [5, 5.41) is 18.0. The van der Waals surface area contributed by atoms with Gasteiger partial charge in [-0.1, -0.05) is 35.9 Å². The predicted octanol–water partition coefficient (Wildman–Crippen LogP) is 5.08. The zero-order valence-electron chi connectivity index (χ0n) is 14.5. The highest BCUT2D eigenvalue weighted by atomic mass is 35.5. The van der Waals surface area contributed by atoms with Gasteiger partial charge in [-0.25, -0.2) is 5.01 Å². The maximum absolute atomic E-state index is 11.3. The van der Waals surface area contributed by atoms with Crippen LogP contribution in [-0.4, -0.2) is 15.6 Å². The largest absolute Gasteiger partial charge is 0.464 e. The monoisotopic (exact) mass is 395 g/mol. The Hall–Kier alpha value is -3.32. The van der Waals surface area contributed by atoms with Crippen LogP contribution in [0.15, 0.2) is 70.4 Å². The number of furan rings is 1. The lowest BCUT2D eigenvalue weighted by Crippen LogP contribution is -2.33. The number of hydrogen-bond donors (Lipinski definition) is 0. The fourth-order valence-corrected chi connectivity index (χ4v) is 3.86. The topological polar surface area (TPSA) is 81.1 Å². The molecule has 2 atom stereocenters. The number of halogens is 1. The number of ether oxygens (including phenoxy) is 1. The molecule has 5 rings (SSSR count). The number of nitrogens with zero attached hydrogens (tertiary/aromatic N) is 3. The molecule has 0 fully saturated rings. The molecule has 0 amide bonds. The Bertz CT molecular complexity index is 1100. The highest BCUT2D eigenvalue weighted by Crippen LogP contribution is 2.48. The molecule has 0 aliphatic carbocycles. The maximum Gasteiger partial charge on any atom is 0.288 e. The molecule has 0 saturated carbocycles. The third-order valence-corrected chi connectivity index (χ3v) is 5.28. The summed E-state index contributed by atoms with van der Waals surface area (Å²) in [7, 11) is 0. The Morgan fingerprint density at radius 1 is 1.18 bits per heavy atom. The molecular weight excluding hydrogens is 382 g/mol. The van der Waals surface area contributed by atoms with Crippen molar-refractivity contribution in [1.29, 1.82) is 0 Å². The van der Waals surface area contributed by atoms with Crippen LogP contribution in [0.2, 0.25) is 5.02 Å². The number of benzene rings is 2. The van der Waals surface area contributed by atoms with Crippen molar-refractivity contribution in [3.63, 3.8) is 0 Å². The Morgan fingerprint density at radius 3 is 2.82 bits per heavy atom. The Balaban J connectivity index is 1.62. The van der Waals surface area contributed by atoms with E-state index in [2.05, 4.69) is 0 Å². The minimum absolute atomic E-state index is 0.0511. The zero-order valence-corrected chi connectivity index (χ0v) is 15.2. The number of hydrogen-bond acceptors (Lipinski definition) is 6. The molecule has 28 heavy (non-hydrogen) atoms. The van der Waals surface area contributed by atoms with Gasteiger partial charge in [-0.2, -0.15) is 5.10 Å². The van der Waals surface area contributed by atoms with Crippen molar-refractivity contribution in [3.8, 4) is 5.75 Å². The first-order chi connectivity index (χ1) is 13.6. The summed E-state index contributed by atoms with van der Waals surface area (Å²) in [5.74, 6) is 1.44. The van der Waals surface area contributed by atoms with E-state index in [1.54, 1.807) is 12.3 Å². The summed E-state index contributed by atoms with van der Waals surface area (Å²) in [5.41, 5.74) is 2.28. The molecule has 140 valence electrons. The number of nitro groups is 1. The highest BCUT2D eigenvalue weighted by Gasteiger charge is 2.41. The summed E-state index contributed by atoms with van der Waals surface area (Å²) in [6, 6.07) is 16.1. The van der Waals surface area contributed by atoms with Gasteiger partial charge in [-0.05, 0) is 24.3 Å². The Morgan fingerprint density at radius 2 is 2.04 bits per heavy atom. The molecule has 0 bridgehead atoms. The van der Waals surface area contributed by atoms with Crippen molar-refractivity contribution in [1.82, 2.24) is 5.01 Å². The van der Waals surface area contributed by atoms with Gasteiger partial charge < -0.3 is 9.15 Å². The molecule has 0 saturated heterocycles. The minimum Gasteiger partial charge on any atom is -0.464 e. The highest BCUT2D eigenvalue weighted by molar-refractivity contribution is 6.32. The lowest BCUT2D eigenvalue weighted by Gasteiger charge is -2.38. The Kier molecular flexibility index (Phi) is 3.84. The van der Waals surface area contributed by atoms with E-state index in [1.165, 1.54) is 12.1 Å². The van der Waals surface area contributed by atoms with Gasteiger partial charge in [0.1, 0.15) is 22.2 Å². The smallest absolute Gasteiger partial charge is 0.288 e. The molecule has 1 aromatic heterocycles. The molecular formula is C20H14ClN3O4. The van der Waals surface area contributed by atoms with Gasteiger partial charge in [0, 0.05) is 23.6 Å². The van der Waals surface area contributed by atoms with Crippen LogP contribution in [-0.2, 0) is 0 Å². The molecule has 3 heterocycles. The van der Waals surface area contributed by atoms with Crippen LogP contribution in [0.1, 0.15) is 35.6 Å². The van der Waals surface area contributed by atoms with E-state index in [-0.39, 0.29) is 16.8 Å². The fourth-order valence-electron chi connectivity index (χ4n) is 3.67.